The fraction of sp³-hybridized carbons (Fsp3) is 0.231. The first-order chi connectivity index (χ1) is 9.27. The van der Waals surface area contributed by atoms with E-state index < -0.39 is 15.7 Å². The molecule has 1 atom stereocenters. The van der Waals surface area contributed by atoms with E-state index in [0.717, 1.165) is 12.3 Å². The van der Waals surface area contributed by atoms with Crippen molar-refractivity contribution in [3.63, 3.8) is 0 Å². The Morgan fingerprint density at radius 1 is 1.30 bits per heavy atom. The summed E-state index contributed by atoms with van der Waals surface area (Å²) in [5, 5.41) is 2.90. The molecule has 2 aromatic rings. The fourth-order valence-corrected chi connectivity index (χ4v) is 2.68. The lowest BCUT2D eigenvalue weighted by Crippen LogP contribution is -2.08. The van der Waals surface area contributed by atoms with Crippen molar-refractivity contribution in [2.24, 2.45) is 0 Å². The quantitative estimate of drug-likeness (QED) is 0.842. The van der Waals surface area contributed by atoms with E-state index >= 15 is 0 Å². The second-order valence-electron chi connectivity index (χ2n) is 4.42. The summed E-state index contributed by atoms with van der Waals surface area (Å²) in [5.41, 5.74) is 0.118. The lowest BCUT2D eigenvalue weighted by Gasteiger charge is -2.14. The topological polar surface area (TPSA) is 59.3 Å². The number of benzene rings is 1. The highest BCUT2D eigenvalue weighted by atomic mass is 79.9. The van der Waals surface area contributed by atoms with E-state index in [1.165, 1.54) is 12.1 Å². The molecule has 1 unspecified atom stereocenters. The number of rotatable bonds is 4. The fourth-order valence-electron chi connectivity index (χ4n) is 1.71. The average Bonchev–Trinajstić information content (AvgIpc) is 2.77. The zero-order chi connectivity index (χ0) is 14.9. The first-order valence-corrected chi connectivity index (χ1v) is 8.47. The van der Waals surface area contributed by atoms with E-state index in [1.807, 2.05) is 0 Å². The van der Waals surface area contributed by atoms with Crippen molar-refractivity contribution in [1.82, 2.24) is 0 Å². The Balaban J connectivity index is 2.29. The van der Waals surface area contributed by atoms with Crippen LogP contribution in [0.4, 0.5) is 10.1 Å². The normalized spacial score (nSPS) is 13.2. The summed E-state index contributed by atoms with van der Waals surface area (Å²) >= 11 is 3.19. The van der Waals surface area contributed by atoms with Gasteiger partial charge in [0.25, 0.3) is 0 Å². The maximum Gasteiger partial charge on any atom is 0.175 e. The van der Waals surface area contributed by atoms with Gasteiger partial charge < -0.3 is 9.73 Å². The molecule has 0 aliphatic carbocycles. The van der Waals surface area contributed by atoms with Crippen LogP contribution in [0, 0.1) is 5.82 Å². The lowest BCUT2D eigenvalue weighted by atomic mass is 10.2. The van der Waals surface area contributed by atoms with Gasteiger partial charge in [-0.1, -0.05) is 0 Å². The smallest absolute Gasteiger partial charge is 0.175 e. The largest absolute Gasteiger partial charge is 0.452 e. The number of hydrogen-bond acceptors (Lipinski definition) is 4. The van der Waals surface area contributed by atoms with Gasteiger partial charge in [0.1, 0.15) is 11.6 Å². The second kappa shape index (κ2) is 5.57. The van der Waals surface area contributed by atoms with E-state index in [-0.39, 0.29) is 16.6 Å². The highest BCUT2D eigenvalue weighted by Gasteiger charge is 2.15. The third-order valence-corrected chi connectivity index (χ3v) is 4.30. The molecule has 0 saturated carbocycles. The predicted molar refractivity (Wildman–Crippen MR) is 78.0 cm³/mol. The highest BCUT2D eigenvalue weighted by Crippen LogP contribution is 2.26. The van der Waals surface area contributed by atoms with Crippen molar-refractivity contribution in [2.45, 2.75) is 17.9 Å². The van der Waals surface area contributed by atoms with Gasteiger partial charge in [-0.05, 0) is 53.2 Å². The molecule has 1 N–H and O–H groups in total. The second-order valence-corrected chi connectivity index (χ2v) is 7.22. The van der Waals surface area contributed by atoms with Crippen molar-refractivity contribution in [3.05, 3.63) is 46.6 Å². The molecule has 20 heavy (non-hydrogen) atoms. The molecule has 0 aliphatic rings. The Morgan fingerprint density at radius 2 is 2.00 bits per heavy atom. The highest BCUT2D eigenvalue weighted by molar-refractivity contribution is 9.10. The van der Waals surface area contributed by atoms with Crippen LogP contribution in [0.25, 0.3) is 0 Å². The molecule has 0 fully saturated rings. The monoisotopic (exact) mass is 361 g/mol. The number of furan rings is 1. The molecular formula is C13H13BrFNO3S. The number of anilines is 1. The van der Waals surface area contributed by atoms with Crippen LogP contribution in [0.2, 0.25) is 0 Å². The van der Waals surface area contributed by atoms with Crippen LogP contribution in [-0.2, 0) is 9.84 Å². The minimum Gasteiger partial charge on any atom is -0.452 e. The molecule has 7 heteroatoms. The summed E-state index contributed by atoms with van der Waals surface area (Å²) < 4.78 is 42.6. The van der Waals surface area contributed by atoms with Crippen LogP contribution in [0.15, 0.2) is 44.3 Å². The van der Waals surface area contributed by atoms with Crippen LogP contribution < -0.4 is 5.32 Å². The van der Waals surface area contributed by atoms with Gasteiger partial charge in [0, 0.05) is 6.26 Å². The van der Waals surface area contributed by atoms with E-state index in [9.17, 15) is 12.8 Å². The first-order valence-electron chi connectivity index (χ1n) is 5.79. The first kappa shape index (κ1) is 15.1. The molecule has 0 aliphatic heterocycles. The van der Waals surface area contributed by atoms with Crippen LogP contribution in [0.1, 0.15) is 18.7 Å². The molecule has 1 heterocycles. The van der Waals surface area contributed by atoms with E-state index in [2.05, 4.69) is 21.2 Å². The van der Waals surface area contributed by atoms with Gasteiger partial charge in [-0.25, -0.2) is 12.8 Å². The molecular weight excluding hydrogens is 349 g/mol. The minimum absolute atomic E-state index is 0.0641. The van der Waals surface area contributed by atoms with Crippen LogP contribution >= 0.6 is 15.9 Å². The van der Waals surface area contributed by atoms with Gasteiger partial charge in [-0.3, -0.25) is 0 Å². The molecule has 0 spiro atoms. The Kier molecular flexibility index (Phi) is 4.19. The van der Waals surface area contributed by atoms with Gasteiger partial charge in [0.05, 0.1) is 16.6 Å². The minimum atomic E-state index is -3.38. The summed E-state index contributed by atoms with van der Waals surface area (Å²) in [7, 11) is -3.38. The SMILES string of the molecule is CC(Nc1cc(S(C)(=O)=O)ccc1F)c1ccc(Br)o1. The number of hydrogen-bond donors (Lipinski definition) is 1. The van der Waals surface area contributed by atoms with Crippen molar-refractivity contribution in [1.29, 1.82) is 0 Å². The lowest BCUT2D eigenvalue weighted by molar-refractivity contribution is 0.470. The molecule has 1 aromatic heterocycles. The van der Waals surface area contributed by atoms with Gasteiger partial charge in [-0.15, -0.1) is 0 Å². The third kappa shape index (κ3) is 3.40. The molecule has 0 bridgehead atoms. The van der Waals surface area contributed by atoms with Gasteiger partial charge in [0.15, 0.2) is 14.5 Å². The molecule has 4 nitrogen and oxygen atoms in total. The Bertz CT molecular complexity index is 727. The number of halogens is 2. The van der Waals surface area contributed by atoms with Crippen LogP contribution in [0.5, 0.6) is 0 Å². The zero-order valence-electron chi connectivity index (χ0n) is 10.9. The summed E-state index contributed by atoms with van der Waals surface area (Å²) in [6, 6.07) is 6.83. The van der Waals surface area contributed by atoms with Crippen LogP contribution in [0.3, 0.4) is 0 Å². The van der Waals surface area contributed by atoms with Crippen molar-refractivity contribution in [2.75, 3.05) is 11.6 Å². The molecule has 0 amide bonds. The summed E-state index contributed by atoms with van der Waals surface area (Å²) in [6.07, 6.45) is 1.08. The predicted octanol–water partition coefficient (Wildman–Crippen LogP) is 3.76. The van der Waals surface area contributed by atoms with Gasteiger partial charge >= 0.3 is 0 Å². The zero-order valence-corrected chi connectivity index (χ0v) is 13.3. The average molecular weight is 362 g/mol. The van der Waals surface area contributed by atoms with Crippen molar-refractivity contribution in [3.8, 4) is 0 Å². The maximum absolute atomic E-state index is 13.7. The van der Waals surface area contributed by atoms with Crippen molar-refractivity contribution >= 4 is 31.5 Å². The van der Waals surface area contributed by atoms with E-state index in [4.69, 9.17) is 4.42 Å². The summed E-state index contributed by atoms with van der Waals surface area (Å²) in [5.74, 6) is 0.0934. The number of sulfone groups is 1. The Labute approximate surface area is 125 Å². The van der Waals surface area contributed by atoms with Crippen LogP contribution in [-0.4, -0.2) is 14.7 Å². The summed E-state index contributed by atoms with van der Waals surface area (Å²) in [4.78, 5) is 0.0641. The maximum atomic E-state index is 13.7. The molecule has 108 valence electrons. The third-order valence-electron chi connectivity index (χ3n) is 2.76. The standard InChI is InChI=1S/C13H13BrFNO3S/c1-8(12-5-6-13(14)19-12)16-11-7-9(20(2,17)18)3-4-10(11)15/h3-8,16H,1-2H3. The Hall–Kier alpha value is -1.34. The summed E-state index contributed by atoms with van der Waals surface area (Å²) in [6.45, 7) is 1.79. The number of nitrogens with one attached hydrogen (secondary N) is 1. The van der Waals surface area contributed by atoms with Gasteiger partial charge in [0.2, 0.25) is 0 Å². The molecule has 0 radical (unpaired) electrons. The van der Waals surface area contributed by atoms with Crippen molar-refractivity contribution < 1.29 is 17.2 Å². The molecule has 2 rings (SSSR count). The van der Waals surface area contributed by atoms with Gasteiger partial charge in [-0.2, -0.15) is 0 Å². The molecule has 1 aromatic carbocycles. The molecule has 0 saturated heterocycles. The van der Waals surface area contributed by atoms with E-state index in [0.29, 0.717) is 10.4 Å². The van der Waals surface area contributed by atoms with E-state index in [1.54, 1.807) is 19.1 Å². The Morgan fingerprint density at radius 3 is 2.55 bits per heavy atom.